The van der Waals surface area contributed by atoms with Crippen LogP contribution in [0.15, 0.2) is 91.0 Å². The Morgan fingerprint density at radius 3 is 1.36 bits per heavy atom. The molecular formula is C24H23N. The lowest BCUT2D eigenvalue weighted by Gasteiger charge is -2.39. The van der Waals surface area contributed by atoms with Crippen molar-refractivity contribution in [1.29, 1.82) is 5.26 Å². The highest BCUT2D eigenvalue weighted by atomic mass is 14.5. The zero-order chi connectivity index (χ0) is 17.5. The smallest absolute Gasteiger partial charge is 0.0672 e. The second kappa shape index (κ2) is 7.81. The van der Waals surface area contributed by atoms with Gasteiger partial charge in [0, 0.05) is 0 Å². The summed E-state index contributed by atoms with van der Waals surface area (Å²) >= 11 is 0. The van der Waals surface area contributed by atoms with Crippen LogP contribution < -0.4 is 0 Å². The maximum atomic E-state index is 10.1. The summed E-state index contributed by atoms with van der Waals surface area (Å²) in [7, 11) is 0. The van der Waals surface area contributed by atoms with Crippen molar-refractivity contribution >= 4 is 0 Å². The maximum Gasteiger partial charge on any atom is 0.0672 e. The van der Waals surface area contributed by atoms with Gasteiger partial charge in [0.1, 0.15) is 0 Å². The van der Waals surface area contributed by atoms with Crippen LogP contribution in [0.4, 0.5) is 0 Å². The predicted octanol–water partition coefficient (Wildman–Crippen LogP) is 5.96. The molecule has 1 heteroatoms. The molecule has 0 spiro atoms. The van der Waals surface area contributed by atoms with Crippen LogP contribution in [0.5, 0.6) is 0 Å². The molecule has 124 valence electrons. The molecule has 1 unspecified atom stereocenters. The van der Waals surface area contributed by atoms with Crippen molar-refractivity contribution in [1.82, 2.24) is 0 Å². The van der Waals surface area contributed by atoms with Gasteiger partial charge in [0.2, 0.25) is 0 Å². The summed E-state index contributed by atoms with van der Waals surface area (Å²) in [6.07, 6.45) is 1.83. The first-order chi connectivity index (χ1) is 12.3. The molecule has 0 radical (unpaired) electrons. The van der Waals surface area contributed by atoms with E-state index in [0.717, 1.165) is 12.8 Å². The third-order valence-electron chi connectivity index (χ3n) is 4.94. The molecule has 0 fully saturated rings. The Hall–Kier alpha value is -2.85. The minimum Gasteiger partial charge on any atom is -0.198 e. The third kappa shape index (κ3) is 3.08. The van der Waals surface area contributed by atoms with Crippen LogP contribution in [0.1, 0.15) is 36.5 Å². The van der Waals surface area contributed by atoms with Crippen LogP contribution in [-0.4, -0.2) is 0 Å². The number of hydrogen-bond donors (Lipinski definition) is 0. The molecule has 0 bridgehead atoms. The number of benzene rings is 3. The Balaban J connectivity index is 2.38. The molecule has 3 rings (SSSR count). The largest absolute Gasteiger partial charge is 0.198 e. The molecule has 0 N–H and O–H groups in total. The van der Waals surface area contributed by atoms with E-state index in [0.29, 0.717) is 0 Å². The van der Waals surface area contributed by atoms with Gasteiger partial charge in [-0.1, -0.05) is 104 Å². The fraction of sp³-hybridized carbons (Fsp3) is 0.208. The van der Waals surface area contributed by atoms with E-state index in [1.807, 2.05) is 18.2 Å². The summed E-state index contributed by atoms with van der Waals surface area (Å²) in [6.45, 7) is 2.15. The van der Waals surface area contributed by atoms with Gasteiger partial charge >= 0.3 is 0 Å². The monoisotopic (exact) mass is 325 g/mol. The molecule has 1 atom stereocenters. The molecule has 3 aromatic carbocycles. The minimum absolute atomic E-state index is 0.135. The highest BCUT2D eigenvalue weighted by molar-refractivity contribution is 5.52. The van der Waals surface area contributed by atoms with Crippen molar-refractivity contribution in [3.63, 3.8) is 0 Å². The summed E-state index contributed by atoms with van der Waals surface area (Å²) in [5, 5.41) is 10.1. The fourth-order valence-corrected chi connectivity index (χ4v) is 3.87. The van der Waals surface area contributed by atoms with Crippen LogP contribution in [0.2, 0.25) is 0 Å². The second-order valence-corrected chi connectivity index (χ2v) is 6.38. The number of nitrogens with zero attached hydrogens (tertiary/aromatic N) is 1. The van der Waals surface area contributed by atoms with Crippen molar-refractivity contribution in [2.75, 3.05) is 0 Å². The van der Waals surface area contributed by atoms with E-state index < -0.39 is 5.41 Å². The van der Waals surface area contributed by atoms with Gasteiger partial charge in [-0.15, -0.1) is 0 Å². The molecule has 0 amide bonds. The molecule has 0 heterocycles. The molecular weight excluding hydrogens is 302 g/mol. The highest BCUT2D eigenvalue weighted by Gasteiger charge is 2.43. The Bertz CT molecular complexity index is 720. The summed E-state index contributed by atoms with van der Waals surface area (Å²) < 4.78 is 0. The number of nitriles is 1. The van der Waals surface area contributed by atoms with E-state index in [1.165, 1.54) is 16.7 Å². The Morgan fingerprint density at radius 1 is 0.720 bits per heavy atom. The Kier molecular flexibility index (Phi) is 5.31. The molecule has 0 saturated carbocycles. The summed E-state index contributed by atoms with van der Waals surface area (Å²) in [5.74, 6) is -0.135. The van der Waals surface area contributed by atoms with Gasteiger partial charge in [0.15, 0.2) is 0 Å². The first kappa shape index (κ1) is 17.0. The number of rotatable bonds is 6. The maximum absolute atomic E-state index is 10.1. The predicted molar refractivity (Wildman–Crippen MR) is 103 cm³/mol. The SMILES string of the molecule is CCCC(C#N)C(c1ccccc1)(c1ccccc1)c1ccccc1. The highest BCUT2D eigenvalue weighted by Crippen LogP contribution is 2.46. The van der Waals surface area contributed by atoms with Crippen LogP contribution in [0, 0.1) is 17.2 Å². The summed E-state index contributed by atoms with van der Waals surface area (Å²) in [5.41, 5.74) is 3.06. The van der Waals surface area contributed by atoms with E-state index in [9.17, 15) is 5.26 Å². The quantitative estimate of drug-likeness (QED) is 0.513. The second-order valence-electron chi connectivity index (χ2n) is 6.38. The minimum atomic E-state index is -0.464. The average molecular weight is 325 g/mol. The molecule has 25 heavy (non-hydrogen) atoms. The van der Waals surface area contributed by atoms with Gasteiger partial charge in [-0.25, -0.2) is 0 Å². The summed E-state index contributed by atoms with van der Waals surface area (Å²) in [6, 6.07) is 34.1. The van der Waals surface area contributed by atoms with E-state index in [1.54, 1.807) is 0 Å². The van der Waals surface area contributed by atoms with E-state index in [-0.39, 0.29) is 5.92 Å². The Labute approximate surface area is 150 Å². The van der Waals surface area contributed by atoms with Crippen LogP contribution in [-0.2, 0) is 5.41 Å². The van der Waals surface area contributed by atoms with Gasteiger partial charge < -0.3 is 0 Å². The van der Waals surface area contributed by atoms with Gasteiger partial charge in [-0.2, -0.15) is 5.26 Å². The van der Waals surface area contributed by atoms with Crippen molar-refractivity contribution < 1.29 is 0 Å². The third-order valence-corrected chi connectivity index (χ3v) is 4.94. The fourth-order valence-electron chi connectivity index (χ4n) is 3.87. The zero-order valence-electron chi connectivity index (χ0n) is 14.6. The van der Waals surface area contributed by atoms with Gasteiger partial charge in [-0.05, 0) is 23.1 Å². The molecule has 0 aliphatic rings. The van der Waals surface area contributed by atoms with E-state index >= 15 is 0 Å². The molecule has 1 nitrogen and oxygen atoms in total. The lowest BCUT2D eigenvalue weighted by atomic mass is 9.61. The molecule has 0 aliphatic heterocycles. The molecule has 3 aromatic rings. The number of hydrogen-bond acceptors (Lipinski definition) is 1. The first-order valence-electron chi connectivity index (χ1n) is 8.90. The van der Waals surface area contributed by atoms with Gasteiger partial charge in [0.25, 0.3) is 0 Å². The zero-order valence-corrected chi connectivity index (χ0v) is 14.6. The van der Waals surface area contributed by atoms with Crippen molar-refractivity contribution in [3.8, 4) is 6.07 Å². The molecule has 0 saturated heterocycles. The average Bonchev–Trinajstić information content (AvgIpc) is 2.70. The Morgan fingerprint density at radius 2 is 1.08 bits per heavy atom. The van der Waals surface area contributed by atoms with Gasteiger partial charge in [-0.3, -0.25) is 0 Å². The summed E-state index contributed by atoms with van der Waals surface area (Å²) in [4.78, 5) is 0. The van der Waals surface area contributed by atoms with Crippen molar-refractivity contribution in [3.05, 3.63) is 108 Å². The lowest BCUT2D eigenvalue weighted by Crippen LogP contribution is -2.37. The van der Waals surface area contributed by atoms with Crippen LogP contribution >= 0.6 is 0 Å². The lowest BCUT2D eigenvalue weighted by molar-refractivity contribution is 0.425. The molecule has 0 aromatic heterocycles. The van der Waals surface area contributed by atoms with E-state index in [2.05, 4.69) is 85.8 Å². The molecule has 0 aliphatic carbocycles. The van der Waals surface area contributed by atoms with E-state index in [4.69, 9.17) is 0 Å². The standard InChI is InChI=1S/C24H23N/c1-2-12-23(19-25)24(20-13-6-3-7-14-20,21-15-8-4-9-16-21)22-17-10-5-11-18-22/h3-11,13-18,23H,2,12H2,1H3. The van der Waals surface area contributed by atoms with Crippen LogP contribution in [0.3, 0.4) is 0 Å². The topological polar surface area (TPSA) is 23.8 Å². The van der Waals surface area contributed by atoms with Crippen molar-refractivity contribution in [2.24, 2.45) is 5.92 Å². The van der Waals surface area contributed by atoms with Crippen molar-refractivity contribution in [2.45, 2.75) is 25.2 Å². The van der Waals surface area contributed by atoms with Gasteiger partial charge in [0.05, 0.1) is 17.4 Å². The normalized spacial score (nSPS) is 12.3. The van der Waals surface area contributed by atoms with Crippen LogP contribution in [0.25, 0.3) is 0 Å². The first-order valence-corrected chi connectivity index (χ1v) is 8.90.